The largest absolute Gasteiger partial charge is 0.396 e. The van der Waals surface area contributed by atoms with Crippen molar-refractivity contribution < 1.29 is 9.90 Å². The molecule has 1 unspecified atom stereocenters. The van der Waals surface area contributed by atoms with Crippen LogP contribution in [0.25, 0.3) is 0 Å². The summed E-state index contributed by atoms with van der Waals surface area (Å²) < 4.78 is 0. The van der Waals surface area contributed by atoms with E-state index in [-0.39, 0.29) is 12.5 Å². The molecular formula is C16H26N2O2S. The minimum absolute atomic E-state index is 0.246. The zero-order valence-corrected chi connectivity index (χ0v) is 13.6. The Balaban J connectivity index is 1.79. The SMILES string of the molecule is CN(CCCCCO)CC(=O)N1CCCC1c1cccs1. The molecule has 21 heavy (non-hydrogen) atoms. The van der Waals surface area contributed by atoms with E-state index >= 15 is 0 Å². The molecule has 1 N–H and O–H groups in total. The summed E-state index contributed by atoms with van der Waals surface area (Å²) in [5, 5.41) is 10.9. The van der Waals surface area contributed by atoms with Crippen molar-refractivity contribution in [1.29, 1.82) is 0 Å². The highest BCUT2D eigenvalue weighted by atomic mass is 32.1. The smallest absolute Gasteiger partial charge is 0.237 e. The molecule has 4 nitrogen and oxygen atoms in total. The van der Waals surface area contributed by atoms with Gasteiger partial charge in [0.25, 0.3) is 0 Å². The Morgan fingerprint density at radius 1 is 1.48 bits per heavy atom. The van der Waals surface area contributed by atoms with E-state index in [2.05, 4.69) is 27.3 Å². The van der Waals surface area contributed by atoms with E-state index in [4.69, 9.17) is 5.11 Å². The average molecular weight is 310 g/mol. The maximum atomic E-state index is 12.5. The third-order valence-corrected chi connectivity index (χ3v) is 5.02. The van der Waals surface area contributed by atoms with Gasteiger partial charge in [0.2, 0.25) is 5.91 Å². The summed E-state index contributed by atoms with van der Waals surface area (Å²) >= 11 is 1.75. The van der Waals surface area contributed by atoms with Gasteiger partial charge < -0.3 is 10.0 Å². The lowest BCUT2D eigenvalue weighted by Crippen LogP contribution is -2.38. The lowest BCUT2D eigenvalue weighted by Gasteiger charge is -2.26. The molecule has 1 atom stereocenters. The molecule has 1 aliphatic heterocycles. The first-order valence-corrected chi connectivity index (χ1v) is 8.72. The van der Waals surface area contributed by atoms with Crippen LogP contribution >= 0.6 is 11.3 Å². The van der Waals surface area contributed by atoms with Crippen molar-refractivity contribution in [3.8, 4) is 0 Å². The molecule has 0 radical (unpaired) electrons. The highest BCUT2D eigenvalue weighted by molar-refractivity contribution is 7.10. The molecule has 1 amide bonds. The van der Waals surface area contributed by atoms with E-state index in [1.165, 1.54) is 4.88 Å². The number of nitrogens with zero attached hydrogens (tertiary/aromatic N) is 2. The minimum Gasteiger partial charge on any atom is -0.396 e. The molecule has 5 heteroatoms. The van der Waals surface area contributed by atoms with Gasteiger partial charge in [-0.05, 0) is 57.1 Å². The van der Waals surface area contributed by atoms with Crippen LogP contribution in [-0.4, -0.2) is 54.1 Å². The number of carbonyl (C=O) groups is 1. The van der Waals surface area contributed by atoms with Gasteiger partial charge in [-0.15, -0.1) is 11.3 Å². The van der Waals surface area contributed by atoms with Gasteiger partial charge in [0, 0.05) is 18.0 Å². The molecular weight excluding hydrogens is 284 g/mol. The van der Waals surface area contributed by atoms with Crippen molar-refractivity contribution in [2.75, 3.05) is 33.3 Å². The molecule has 0 aliphatic carbocycles. The number of aliphatic hydroxyl groups is 1. The number of hydrogen-bond acceptors (Lipinski definition) is 4. The molecule has 0 spiro atoms. The molecule has 2 rings (SSSR count). The van der Waals surface area contributed by atoms with Crippen molar-refractivity contribution in [2.45, 2.75) is 38.1 Å². The number of rotatable bonds is 8. The third kappa shape index (κ3) is 4.80. The number of likely N-dealkylation sites (N-methyl/N-ethyl adjacent to an activating group) is 1. The van der Waals surface area contributed by atoms with Gasteiger partial charge in [-0.2, -0.15) is 0 Å². The highest BCUT2D eigenvalue weighted by Crippen LogP contribution is 2.34. The van der Waals surface area contributed by atoms with Crippen molar-refractivity contribution >= 4 is 17.2 Å². The molecule has 1 aromatic heterocycles. The molecule has 1 fully saturated rings. The van der Waals surface area contributed by atoms with Gasteiger partial charge >= 0.3 is 0 Å². The second-order valence-electron chi connectivity index (χ2n) is 5.78. The number of aliphatic hydroxyl groups excluding tert-OH is 1. The van der Waals surface area contributed by atoms with Gasteiger partial charge in [-0.3, -0.25) is 9.69 Å². The molecule has 1 saturated heterocycles. The average Bonchev–Trinajstić information content (AvgIpc) is 3.12. The number of carbonyl (C=O) groups excluding carboxylic acids is 1. The van der Waals surface area contributed by atoms with Gasteiger partial charge in [-0.25, -0.2) is 0 Å². The number of likely N-dealkylation sites (tertiary alicyclic amines) is 1. The Kier molecular flexibility index (Phi) is 6.67. The second-order valence-corrected chi connectivity index (χ2v) is 6.76. The normalized spacial score (nSPS) is 18.6. The van der Waals surface area contributed by atoms with E-state index in [1.807, 2.05) is 7.05 Å². The minimum atomic E-state index is 0.246. The van der Waals surface area contributed by atoms with E-state index in [1.54, 1.807) is 11.3 Å². The summed E-state index contributed by atoms with van der Waals surface area (Å²) in [5.74, 6) is 0.246. The van der Waals surface area contributed by atoms with Crippen molar-refractivity contribution in [3.63, 3.8) is 0 Å². The first kappa shape index (κ1) is 16.5. The molecule has 1 aromatic rings. The Bertz CT molecular complexity index is 422. The van der Waals surface area contributed by atoms with Crippen LogP contribution in [0.5, 0.6) is 0 Å². The van der Waals surface area contributed by atoms with Gasteiger partial charge in [0.05, 0.1) is 12.6 Å². The molecule has 0 aromatic carbocycles. The molecule has 1 aliphatic rings. The Labute approximate surface area is 131 Å². The van der Waals surface area contributed by atoms with Gasteiger partial charge in [-0.1, -0.05) is 6.07 Å². The maximum Gasteiger partial charge on any atom is 0.237 e. The van der Waals surface area contributed by atoms with Crippen LogP contribution in [-0.2, 0) is 4.79 Å². The summed E-state index contributed by atoms with van der Waals surface area (Å²) in [6.07, 6.45) is 5.12. The zero-order valence-electron chi connectivity index (χ0n) is 12.8. The summed E-state index contributed by atoms with van der Waals surface area (Å²) in [7, 11) is 2.01. The Hall–Kier alpha value is -0.910. The molecule has 118 valence electrons. The quantitative estimate of drug-likeness (QED) is 0.750. The molecule has 0 saturated carbocycles. The van der Waals surface area contributed by atoms with Crippen molar-refractivity contribution in [2.24, 2.45) is 0 Å². The van der Waals surface area contributed by atoms with Crippen LogP contribution < -0.4 is 0 Å². The highest BCUT2D eigenvalue weighted by Gasteiger charge is 2.30. The predicted octanol–water partition coefficient (Wildman–Crippen LogP) is 2.51. The summed E-state index contributed by atoms with van der Waals surface area (Å²) in [5.41, 5.74) is 0. The van der Waals surface area contributed by atoms with E-state index in [0.29, 0.717) is 12.6 Å². The van der Waals surface area contributed by atoms with Crippen LogP contribution in [0.3, 0.4) is 0 Å². The predicted molar refractivity (Wildman–Crippen MR) is 86.4 cm³/mol. The molecule has 2 heterocycles. The summed E-state index contributed by atoms with van der Waals surface area (Å²) in [6, 6.07) is 4.49. The van der Waals surface area contributed by atoms with E-state index in [0.717, 1.165) is 45.2 Å². The van der Waals surface area contributed by atoms with Crippen molar-refractivity contribution in [3.05, 3.63) is 22.4 Å². The van der Waals surface area contributed by atoms with Crippen LogP contribution in [0.2, 0.25) is 0 Å². The van der Waals surface area contributed by atoms with Gasteiger partial charge in [0.1, 0.15) is 0 Å². The zero-order chi connectivity index (χ0) is 15.1. The number of unbranched alkanes of at least 4 members (excludes halogenated alkanes) is 2. The summed E-state index contributed by atoms with van der Waals surface area (Å²) in [6.45, 7) is 2.57. The van der Waals surface area contributed by atoms with Crippen LogP contribution in [0.4, 0.5) is 0 Å². The summed E-state index contributed by atoms with van der Waals surface area (Å²) in [4.78, 5) is 18.0. The standard InChI is InChI=1S/C16H26N2O2S/c1-17(9-3-2-4-11-19)13-16(20)18-10-5-7-14(18)15-8-6-12-21-15/h6,8,12,14,19H,2-5,7,9-11,13H2,1H3. The van der Waals surface area contributed by atoms with Crippen molar-refractivity contribution in [1.82, 2.24) is 9.80 Å². The second kappa shape index (κ2) is 8.51. The lowest BCUT2D eigenvalue weighted by molar-refractivity contribution is -0.133. The van der Waals surface area contributed by atoms with Crippen LogP contribution in [0.1, 0.15) is 43.0 Å². The monoisotopic (exact) mass is 310 g/mol. The van der Waals surface area contributed by atoms with Crippen LogP contribution in [0.15, 0.2) is 17.5 Å². The fourth-order valence-corrected chi connectivity index (χ4v) is 3.79. The van der Waals surface area contributed by atoms with Crippen LogP contribution in [0, 0.1) is 0 Å². The lowest BCUT2D eigenvalue weighted by atomic mass is 10.2. The Morgan fingerprint density at radius 3 is 3.05 bits per heavy atom. The molecule has 0 bridgehead atoms. The maximum absolute atomic E-state index is 12.5. The first-order valence-electron chi connectivity index (χ1n) is 7.84. The Morgan fingerprint density at radius 2 is 2.33 bits per heavy atom. The number of amides is 1. The number of thiophene rings is 1. The topological polar surface area (TPSA) is 43.8 Å². The fraction of sp³-hybridized carbons (Fsp3) is 0.688. The van der Waals surface area contributed by atoms with E-state index in [9.17, 15) is 4.79 Å². The van der Waals surface area contributed by atoms with Gasteiger partial charge in [0.15, 0.2) is 0 Å². The van der Waals surface area contributed by atoms with E-state index < -0.39 is 0 Å². The fourth-order valence-electron chi connectivity index (χ4n) is 2.91. The third-order valence-electron chi connectivity index (χ3n) is 4.05. The number of hydrogen-bond donors (Lipinski definition) is 1. The first-order chi connectivity index (χ1) is 10.2.